The first kappa shape index (κ1) is 45.9. The molecule has 0 atom stereocenters. The summed E-state index contributed by atoms with van der Waals surface area (Å²) in [5.74, 6) is -0.216. The number of hydrogen-bond acceptors (Lipinski definition) is 12. The van der Waals surface area contributed by atoms with E-state index < -0.39 is 23.3 Å². The third-order valence-corrected chi connectivity index (χ3v) is 11.7. The molecule has 8 rings (SSSR count). The second kappa shape index (κ2) is 18.7. The van der Waals surface area contributed by atoms with Crippen LogP contribution in [0.4, 0.5) is 10.7 Å². The summed E-state index contributed by atoms with van der Waals surface area (Å²) in [4.78, 5) is 72.1. The molecule has 4 amide bonds. The number of rotatable bonds is 15. The molecule has 1 aromatic carbocycles. The van der Waals surface area contributed by atoms with E-state index in [0.29, 0.717) is 101 Å². The summed E-state index contributed by atoms with van der Waals surface area (Å²) in [6.45, 7) is 16.4. The van der Waals surface area contributed by atoms with Gasteiger partial charge in [0.05, 0.1) is 29.1 Å². The number of benzene rings is 1. The number of aromatic nitrogens is 10. The summed E-state index contributed by atoms with van der Waals surface area (Å²) in [5, 5.41) is 13.3. The number of allylic oxidation sites excluding steroid dienone is 2. The van der Waals surface area contributed by atoms with Crippen molar-refractivity contribution in [3.8, 4) is 17.3 Å². The van der Waals surface area contributed by atoms with E-state index >= 15 is 0 Å². The van der Waals surface area contributed by atoms with Crippen LogP contribution in [0.25, 0.3) is 44.6 Å². The molecule has 5 N–H and O–H groups in total. The van der Waals surface area contributed by atoms with Crippen molar-refractivity contribution in [3.63, 3.8) is 0 Å². The van der Waals surface area contributed by atoms with E-state index in [1.165, 1.54) is 12.3 Å². The van der Waals surface area contributed by atoms with Crippen LogP contribution in [0.3, 0.4) is 0 Å². The number of primary amides is 2. The lowest BCUT2D eigenvalue weighted by Crippen LogP contribution is -2.41. The zero-order valence-electron chi connectivity index (χ0n) is 38.9. The molecule has 1 saturated heterocycles. The van der Waals surface area contributed by atoms with Gasteiger partial charge in [0.1, 0.15) is 33.9 Å². The fourth-order valence-electron chi connectivity index (χ4n) is 8.46. The lowest BCUT2D eigenvalue weighted by Gasteiger charge is -2.33. The Bertz CT molecular complexity index is 3070. The zero-order chi connectivity index (χ0) is 47.7. The molecule has 0 spiro atoms. The maximum Gasteiger partial charge on any atom is 0.410 e. The highest BCUT2D eigenvalue weighted by Crippen LogP contribution is 2.37. The van der Waals surface area contributed by atoms with E-state index in [2.05, 4.69) is 25.5 Å². The van der Waals surface area contributed by atoms with Crippen LogP contribution < -0.4 is 21.5 Å². The maximum atomic E-state index is 13.6. The van der Waals surface area contributed by atoms with Crippen molar-refractivity contribution in [2.45, 2.75) is 99.5 Å². The number of amides is 4. The average Bonchev–Trinajstić information content (AvgIpc) is 4.05. The van der Waals surface area contributed by atoms with Gasteiger partial charge in [-0.2, -0.15) is 10.2 Å². The average molecular weight is 913 g/mol. The van der Waals surface area contributed by atoms with E-state index in [4.69, 9.17) is 30.9 Å². The number of nitrogens with two attached hydrogens (primary N) is 2. The summed E-state index contributed by atoms with van der Waals surface area (Å²) in [5.41, 5.74) is 16.1. The first-order valence-corrected chi connectivity index (χ1v) is 22.5. The van der Waals surface area contributed by atoms with E-state index in [1.54, 1.807) is 38.5 Å². The molecule has 0 radical (unpaired) electrons. The van der Waals surface area contributed by atoms with Crippen molar-refractivity contribution in [3.05, 3.63) is 83.1 Å². The van der Waals surface area contributed by atoms with Gasteiger partial charge < -0.3 is 30.4 Å². The minimum atomic E-state index is -0.656. The Hall–Kier alpha value is -7.64. The number of carbonyl (C=O) groups excluding carboxylic acids is 4. The molecule has 20 heteroatoms. The van der Waals surface area contributed by atoms with Gasteiger partial charge in [0.15, 0.2) is 11.5 Å². The van der Waals surface area contributed by atoms with Gasteiger partial charge in [-0.15, -0.1) is 0 Å². The van der Waals surface area contributed by atoms with Crippen molar-refractivity contribution < 1.29 is 28.7 Å². The number of anilines is 1. The quantitative estimate of drug-likeness (QED) is 0.0978. The fraction of sp³-hybridized carbons (Fsp3) is 0.404. The molecule has 350 valence electrons. The monoisotopic (exact) mass is 912 g/mol. The topological polar surface area (TPSA) is 251 Å². The Morgan fingerprint density at radius 1 is 0.806 bits per heavy atom. The number of carbonyl (C=O) groups is 4. The van der Waals surface area contributed by atoms with E-state index in [0.717, 1.165) is 30.7 Å². The van der Waals surface area contributed by atoms with Crippen molar-refractivity contribution in [2.75, 3.05) is 25.0 Å². The Labute approximate surface area is 386 Å². The molecular formula is C47H56N14O6. The molecule has 1 fully saturated rings. The summed E-state index contributed by atoms with van der Waals surface area (Å²) in [6, 6.07) is 8.60. The molecule has 20 nitrogen and oxygen atoms in total. The number of piperidine rings is 1. The van der Waals surface area contributed by atoms with Crippen LogP contribution in [-0.4, -0.2) is 103 Å². The SMILES string of the molecule is CCn1nc(C)cc1C(=O)Nc1nc2cc(C(N)=O)cnc2n1C/C=C/Cn1c2nc(-c3cc(C)nn3CC)ncc2c2cc(C(N)=O)cc(OCCC3CCN(C(=O)OC(C)(C)C)CC3)c21. The third-order valence-electron chi connectivity index (χ3n) is 11.7. The van der Waals surface area contributed by atoms with Crippen LogP contribution in [0.1, 0.15) is 96.5 Å². The molecule has 0 aliphatic carbocycles. The molecule has 7 aromatic rings. The summed E-state index contributed by atoms with van der Waals surface area (Å²) in [7, 11) is 0. The van der Waals surface area contributed by atoms with Gasteiger partial charge in [-0.1, -0.05) is 12.2 Å². The summed E-state index contributed by atoms with van der Waals surface area (Å²) >= 11 is 0. The van der Waals surface area contributed by atoms with Crippen molar-refractivity contribution in [1.29, 1.82) is 0 Å². The van der Waals surface area contributed by atoms with Gasteiger partial charge in [0.2, 0.25) is 17.8 Å². The highest BCUT2D eigenvalue weighted by Gasteiger charge is 2.28. The Morgan fingerprint density at radius 3 is 2.18 bits per heavy atom. The summed E-state index contributed by atoms with van der Waals surface area (Å²) < 4.78 is 19.4. The molecule has 0 saturated carbocycles. The van der Waals surface area contributed by atoms with Gasteiger partial charge >= 0.3 is 6.09 Å². The number of nitrogens with one attached hydrogen (secondary N) is 1. The van der Waals surface area contributed by atoms with Crippen molar-refractivity contribution >= 4 is 62.9 Å². The van der Waals surface area contributed by atoms with E-state index in [1.807, 2.05) is 75.9 Å². The van der Waals surface area contributed by atoms with Gasteiger partial charge in [0.25, 0.3) is 5.91 Å². The number of fused-ring (bicyclic) bond motifs is 4. The standard InChI is InChI=1S/C47H56N14O6/c1-8-60-35(20-27(3)55-60)41-50-26-33-32-22-30(39(48)62)24-37(66-19-14-29-12-17-57(18-13-29)46(65)67-47(5,6)7)38(32)58(42(33)53-41)15-10-11-16-59-43-34(23-31(25-51-43)40(49)63)52-45(59)54-44(64)36-21-28(4)56-61(36)9-2/h10-11,20-26,29H,8-9,12-19H2,1-7H3,(H2,48,62)(H2,49,63)(H,52,54,64)/b11-10+. The third kappa shape index (κ3) is 9.68. The fourth-order valence-corrected chi connectivity index (χ4v) is 8.46. The van der Waals surface area contributed by atoms with Gasteiger partial charge in [-0.3, -0.25) is 33.6 Å². The van der Waals surface area contributed by atoms with Crippen LogP contribution in [0.2, 0.25) is 0 Å². The van der Waals surface area contributed by atoms with Crippen LogP contribution in [0, 0.1) is 19.8 Å². The molecule has 0 unspecified atom stereocenters. The lowest BCUT2D eigenvalue weighted by atomic mass is 9.94. The van der Waals surface area contributed by atoms with Gasteiger partial charge in [-0.25, -0.2) is 24.7 Å². The largest absolute Gasteiger partial charge is 0.491 e. The molecule has 0 bridgehead atoms. The number of hydrogen-bond donors (Lipinski definition) is 3. The van der Waals surface area contributed by atoms with Crippen LogP contribution in [-0.2, 0) is 30.9 Å². The van der Waals surface area contributed by atoms with E-state index in [9.17, 15) is 19.2 Å². The number of pyridine rings is 1. The number of ether oxygens (including phenoxy) is 2. The Morgan fingerprint density at radius 2 is 1.49 bits per heavy atom. The van der Waals surface area contributed by atoms with Gasteiger partial charge in [0, 0.05) is 68.0 Å². The van der Waals surface area contributed by atoms with Crippen LogP contribution >= 0.6 is 0 Å². The first-order chi connectivity index (χ1) is 32.0. The second-order valence-corrected chi connectivity index (χ2v) is 17.7. The Balaban J connectivity index is 1.14. The highest BCUT2D eigenvalue weighted by atomic mass is 16.6. The molecule has 1 aliphatic rings. The predicted molar refractivity (Wildman–Crippen MR) is 252 cm³/mol. The molecule has 6 aromatic heterocycles. The number of likely N-dealkylation sites (tertiary alicyclic amines) is 1. The van der Waals surface area contributed by atoms with Gasteiger partial charge in [-0.05, 0) is 104 Å². The molecular weight excluding hydrogens is 857 g/mol. The highest BCUT2D eigenvalue weighted by molar-refractivity contribution is 6.12. The van der Waals surface area contributed by atoms with Crippen LogP contribution in [0.5, 0.6) is 5.75 Å². The second-order valence-electron chi connectivity index (χ2n) is 17.7. The lowest BCUT2D eigenvalue weighted by molar-refractivity contribution is 0.0177. The molecule has 67 heavy (non-hydrogen) atoms. The zero-order valence-corrected chi connectivity index (χ0v) is 38.9. The first-order valence-electron chi connectivity index (χ1n) is 22.5. The normalized spacial score (nSPS) is 13.6. The minimum absolute atomic E-state index is 0.177. The number of nitrogens with zero attached hydrogens (tertiary/aromatic N) is 11. The smallest absolute Gasteiger partial charge is 0.410 e. The molecule has 7 heterocycles. The number of aryl methyl sites for hydroxylation is 4. The van der Waals surface area contributed by atoms with Crippen LogP contribution in [0.15, 0.2) is 54.9 Å². The van der Waals surface area contributed by atoms with Crippen molar-refractivity contribution in [2.24, 2.45) is 17.4 Å². The minimum Gasteiger partial charge on any atom is -0.491 e. The van der Waals surface area contributed by atoms with E-state index in [-0.39, 0.29) is 29.7 Å². The molecule has 1 aliphatic heterocycles. The summed E-state index contributed by atoms with van der Waals surface area (Å²) in [6.07, 6.45) is 9.03. The Kier molecular flexibility index (Phi) is 12.8. The van der Waals surface area contributed by atoms with Crippen molar-refractivity contribution in [1.82, 2.24) is 53.5 Å². The number of imidazole rings is 1. The predicted octanol–water partition coefficient (Wildman–Crippen LogP) is 6.17. The maximum absolute atomic E-state index is 13.6.